The van der Waals surface area contributed by atoms with Crippen molar-refractivity contribution >= 4 is 23.0 Å². The Morgan fingerprint density at radius 3 is 2.76 bits per heavy atom. The molecule has 3 atom stereocenters. The summed E-state index contributed by atoms with van der Waals surface area (Å²) in [5.41, 5.74) is 2.53. The maximum Gasteiger partial charge on any atom is 0.244 e. The molecule has 5 nitrogen and oxygen atoms in total. The molecule has 1 N–H and O–H groups in total. The highest BCUT2D eigenvalue weighted by atomic mass is 19.1. The van der Waals surface area contributed by atoms with Crippen molar-refractivity contribution in [1.82, 2.24) is 15.4 Å². The Balaban J connectivity index is 1.09. The van der Waals surface area contributed by atoms with E-state index in [1.54, 1.807) is 12.1 Å². The molecule has 1 amide bonds. The Morgan fingerprint density at radius 2 is 2.00 bits per heavy atom. The summed E-state index contributed by atoms with van der Waals surface area (Å²) < 4.78 is 18.8. The topological polar surface area (TPSA) is 58.4 Å². The zero-order valence-electron chi connectivity index (χ0n) is 19.6. The average Bonchev–Trinajstić information content (AvgIpc) is 3.26. The first-order chi connectivity index (χ1) is 16.6. The molecule has 1 saturated heterocycles. The van der Waals surface area contributed by atoms with Crippen molar-refractivity contribution in [3.05, 3.63) is 71.7 Å². The van der Waals surface area contributed by atoms with E-state index in [0.717, 1.165) is 55.7 Å². The summed E-state index contributed by atoms with van der Waals surface area (Å²) in [6.07, 6.45) is 6.77. The Bertz CT molecular complexity index is 1150. The Kier molecular flexibility index (Phi) is 6.77. The van der Waals surface area contributed by atoms with E-state index in [-0.39, 0.29) is 11.7 Å². The second kappa shape index (κ2) is 10.1. The van der Waals surface area contributed by atoms with Crippen molar-refractivity contribution in [1.29, 1.82) is 0 Å². The minimum absolute atomic E-state index is 0.0257. The van der Waals surface area contributed by atoms with Crippen LogP contribution in [0.15, 0.2) is 59.1 Å². The van der Waals surface area contributed by atoms with Crippen molar-refractivity contribution < 1.29 is 13.7 Å². The molecule has 1 saturated carbocycles. The molecule has 2 fully saturated rings. The smallest absolute Gasteiger partial charge is 0.244 e. The molecule has 2 heterocycles. The standard InChI is InChI=1S/C28H32FN3O2/c1-19-15-22(25(19)17-30-27(33)10-7-20-5-3-2-4-6-20)18-32-13-11-21(12-14-32)28-24-9-8-23(29)16-26(24)34-31-28/h2-10,16,19,21-22,25H,11-15,17-18H2,1H3,(H,30,33)/b10-7+/t19?,22-,25+/m1/s1. The maximum absolute atomic E-state index is 13.4. The van der Waals surface area contributed by atoms with Crippen molar-refractivity contribution in [2.75, 3.05) is 26.2 Å². The molecule has 1 aliphatic carbocycles. The van der Waals surface area contributed by atoms with Gasteiger partial charge in [0.2, 0.25) is 5.91 Å². The summed E-state index contributed by atoms with van der Waals surface area (Å²) in [6.45, 7) is 6.18. The van der Waals surface area contributed by atoms with Crippen LogP contribution in [0.2, 0.25) is 0 Å². The van der Waals surface area contributed by atoms with E-state index in [4.69, 9.17) is 4.52 Å². The number of likely N-dealkylation sites (tertiary alicyclic amines) is 1. The molecule has 3 aromatic rings. The monoisotopic (exact) mass is 461 g/mol. The largest absolute Gasteiger partial charge is 0.356 e. The molecule has 0 spiro atoms. The number of piperidine rings is 1. The summed E-state index contributed by atoms with van der Waals surface area (Å²) >= 11 is 0. The number of halogens is 1. The molecular weight excluding hydrogens is 429 g/mol. The Hall–Kier alpha value is -2.99. The molecule has 1 aromatic heterocycles. The fourth-order valence-corrected chi connectivity index (χ4v) is 5.63. The van der Waals surface area contributed by atoms with E-state index < -0.39 is 0 Å². The second-order valence-corrected chi connectivity index (χ2v) is 9.91. The normalized spacial score (nSPS) is 23.9. The van der Waals surface area contributed by atoms with Gasteiger partial charge in [-0.05, 0) is 73.9 Å². The van der Waals surface area contributed by atoms with Gasteiger partial charge < -0.3 is 14.7 Å². The molecule has 2 aromatic carbocycles. The summed E-state index contributed by atoms with van der Waals surface area (Å²) in [6, 6.07) is 14.6. The Labute approximate surface area is 200 Å². The van der Waals surface area contributed by atoms with E-state index in [0.29, 0.717) is 29.3 Å². The van der Waals surface area contributed by atoms with E-state index >= 15 is 0 Å². The molecular formula is C28H32FN3O2. The molecule has 1 unspecified atom stereocenters. The van der Waals surface area contributed by atoms with E-state index in [2.05, 4.69) is 22.3 Å². The lowest BCUT2D eigenvalue weighted by Gasteiger charge is -2.46. The van der Waals surface area contributed by atoms with Crippen LogP contribution in [0.1, 0.15) is 43.4 Å². The third-order valence-corrected chi connectivity index (χ3v) is 7.68. The van der Waals surface area contributed by atoms with Crippen LogP contribution in [0.5, 0.6) is 0 Å². The quantitative estimate of drug-likeness (QED) is 0.489. The second-order valence-electron chi connectivity index (χ2n) is 9.91. The van der Waals surface area contributed by atoms with Crippen LogP contribution in [-0.4, -0.2) is 42.1 Å². The first-order valence-electron chi connectivity index (χ1n) is 12.3. The van der Waals surface area contributed by atoms with Crippen LogP contribution in [0.3, 0.4) is 0 Å². The lowest BCUT2D eigenvalue weighted by atomic mass is 9.65. The first kappa shape index (κ1) is 22.8. The van der Waals surface area contributed by atoms with Crippen molar-refractivity contribution in [2.24, 2.45) is 17.8 Å². The first-order valence-corrected chi connectivity index (χ1v) is 12.3. The summed E-state index contributed by atoms with van der Waals surface area (Å²) in [7, 11) is 0. The average molecular weight is 462 g/mol. The molecule has 5 rings (SSSR count). The molecule has 178 valence electrons. The van der Waals surface area contributed by atoms with Crippen LogP contribution in [0.25, 0.3) is 17.0 Å². The van der Waals surface area contributed by atoms with Gasteiger partial charge in [-0.1, -0.05) is 42.4 Å². The summed E-state index contributed by atoms with van der Waals surface area (Å²) in [5.74, 6) is 1.83. The van der Waals surface area contributed by atoms with E-state index in [1.807, 2.05) is 36.4 Å². The fraction of sp³-hybridized carbons (Fsp3) is 0.429. The zero-order chi connectivity index (χ0) is 23.5. The SMILES string of the molecule is CC1C[C@H](CN2CCC(c3noc4cc(F)ccc34)CC2)[C@H]1CNC(=O)/C=C/c1ccccc1. The highest BCUT2D eigenvalue weighted by molar-refractivity contribution is 5.91. The van der Waals surface area contributed by atoms with Crippen molar-refractivity contribution in [3.63, 3.8) is 0 Å². The zero-order valence-corrected chi connectivity index (χ0v) is 19.6. The van der Waals surface area contributed by atoms with Crippen molar-refractivity contribution in [2.45, 2.75) is 32.1 Å². The van der Waals surface area contributed by atoms with Crippen LogP contribution in [0, 0.1) is 23.6 Å². The number of amides is 1. The third kappa shape index (κ3) is 5.07. The molecule has 34 heavy (non-hydrogen) atoms. The van der Waals surface area contributed by atoms with Crippen molar-refractivity contribution in [3.8, 4) is 0 Å². The summed E-state index contributed by atoms with van der Waals surface area (Å²) in [5, 5.41) is 8.31. The van der Waals surface area contributed by atoms with Crippen LogP contribution >= 0.6 is 0 Å². The number of rotatable bonds is 7. The molecule has 6 heteroatoms. The third-order valence-electron chi connectivity index (χ3n) is 7.68. The minimum atomic E-state index is -0.294. The minimum Gasteiger partial charge on any atom is -0.356 e. The van der Waals surface area contributed by atoms with Crippen LogP contribution in [0.4, 0.5) is 4.39 Å². The predicted molar refractivity (Wildman–Crippen MR) is 132 cm³/mol. The van der Waals surface area contributed by atoms with Crippen LogP contribution in [-0.2, 0) is 4.79 Å². The van der Waals surface area contributed by atoms with Gasteiger partial charge in [-0.2, -0.15) is 0 Å². The van der Waals surface area contributed by atoms with E-state index in [1.165, 1.54) is 18.6 Å². The van der Waals surface area contributed by atoms with Gasteiger partial charge in [-0.25, -0.2) is 4.39 Å². The van der Waals surface area contributed by atoms with Gasteiger partial charge in [-0.15, -0.1) is 0 Å². The maximum atomic E-state index is 13.4. The van der Waals surface area contributed by atoms with Gasteiger partial charge in [0, 0.05) is 36.5 Å². The van der Waals surface area contributed by atoms with Gasteiger partial charge in [0.1, 0.15) is 5.82 Å². The van der Waals surface area contributed by atoms with Gasteiger partial charge >= 0.3 is 0 Å². The number of nitrogens with zero attached hydrogens (tertiary/aromatic N) is 2. The number of hydrogen-bond donors (Lipinski definition) is 1. The highest BCUT2D eigenvalue weighted by Crippen LogP contribution is 2.41. The molecule has 0 radical (unpaired) electrons. The molecule has 1 aliphatic heterocycles. The van der Waals surface area contributed by atoms with Gasteiger partial charge in [0.15, 0.2) is 5.58 Å². The highest BCUT2D eigenvalue weighted by Gasteiger charge is 2.39. The number of nitrogens with one attached hydrogen (secondary N) is 1. The summed E-state index contributed by atoms with van der Waals surface area (Å²) in [4.78, 5) is 14.8. The lowest BCUT2D eigenvalue weighted by molar-refractivity contribution is -0.117. The number of carbonyl (C=O) groups excluding carboxylic acids is 1. The molecule has 2 aliphatic rings. The number of fused-ring (bicyclic) bond motifs is 1. The predicted octanol–water partition coefficient (Wildman–Crippen LogP) is 5.25. The van der Waals surface area contributed by atoms with Gasteiger partial charge in [0.25, 0.3) is 0 Å². The fourth-order valence-electron chi connectivity index (χ4n) is 5.63. The van der Waals surface area contributed by atoms with E-state index in [9.17, 15) is 9.18 Å². The molecule has 0 bridgehead atoms. The van der Waals surface area contributed by atoms with Gasteiger partial charge in [-0.3, -0.25) is 4.79 Å². The van der Waals surface area contributed by atoms with Crippen LogP contribution < -0.4 is 5.32 Å². The number of hydrogen-bond acceptors (Lipinski definition) is 4. The van der Waals surface area contributed by atoms with Gasteiger partial charge in [0.05, 0.1) is 5.69 Å². The Morgan fingerprint density at radius 1 is 1.21 bits per heavy atom. The number of carbonyl (C=O) groups is 1. The number of aromatic nitrogens is 1. The number of benzene rings is 2. The lowest BCUT2D eigenvalue weighted by Crippen LogP contribution is -2.49.